The van der Waals surface area contributed by atoms with Gasteiger partial charge in [0.15, 0.2) is 0 Å². The molecular formula is C12H17ClN2O4S. The van der Waals surface area contributed by atoms with Gasteiger partial charge in [-0.25, -0.2) is 9.59 Å². The lowest BCUT2D eigenvalue weighted by Crippen LogP contribution is -2.46. The van der Waals surface area contributed by atoms with Gasteiger partial charge in [0.05, 0.1) is 4.34 Å². The van der Waals surface area contributed by atoms with Gasteiger partial charge >= 0.3 is 12.0 Å². The van der Waals surface area contributed by atoms with Crippen molar-refractivity contribution in [3.05, 3.63) is 21.3 Å². The van der Waals surface area contributed by atoms with Crippen molar-refractivity contribution >= 4 is 34.9 Å². The topological polar surface area (TPSA) is 87.7 Å². The van der Waals surface area contributed by atoms with Gasteiger partial charge in [-0.3, -0.25) is 0 Å². The molecule has 2 amide bonds. The molecule has 0 radical (unpaired) electrons. The summed E-state index contributed by atoms with van der Waals surface area (Å²) in [5.41, 5.74) is 0. The van der Waals surface area contributed by atoms with Crippen LogP contribution in [-0.2, 0) is 16.0 Å². The van der Waals surface area contributed by atoms with Crippen LogP contribution in [0.4, 0.5) is 4.79 Å². The number of urea groups is 1. The molecule has 6 nitrogen and oxygen atoms in total. The summed E-state index contributed by atoms with van der Waals surface area (Å²) in [7, 11) is 1.48. The van der Waals surface area contributed by atoms with Gasteiger partial charge in [0.1, 0.15) is 6.04 Å². The first-order chi connectivity index (χ1) is 9.52. The lowest BCUT2D eigenvalue weighted by molar-refractivity contribution is -0.139. The highest BCUT2D eigenvalue weighted by Crippen LogP contribution is 2.21. The minimum absolute atomic E-state index is 0.222. The number of hydrogen-bond donors (Lipinski definition) is 3. The summed E-state index contributed by atoms with van der Waals surface area (Å²) in [4.78, 5) is 23.6. The number of carbonyl (C=O) groups is 2. The van der Waals surface area contributed by atoms with Crippen LogP contribution < -0.4 is 10.6 Å². The van der Waals surface area contributed by atoms with Crippen LogP contribution in [0.1, 0.15) is 11.3 Å². The van der Waals surface area contributed by atoms with E-state index in [1.165, 1.54) is 18.4 Å². The number of carbonyl (C=O) groups excluding carboxylic acids is 1. The van der Waals surface area contributed by atoms with E-state index < -0.39 is 18.0 Å². The predicted molar refractivity (Wildman–Crippen MR) is 77.5 cm³/mol. The Morgan fingerprint density at radius 2 is 2.25 bits per heavy atom. The number of carboxylic acids is 1. The van der Waals surface area contributed by atoms with Crippen molar-refractivity contribution in [3.8, 4) is 0 Å². The molecule has 0 saturated heterocycles. The fourth-order valence-electron chi connectivity index (χ4n) is 1.49. The maximum Gasteiger partial charge on any atom is 0.326 e. The number of nitrogens with one attached hydrogen (secondary N) is 2. The smallest absolute Gasteiger partial charge is 0.326 e. The summed E-state index contributed by atoms with van der Waals surface area (Å²) in [5, 5.41) is 13.9. The normalized spacial score (nSPS) is 11.9. The third kappa shape index (κ3) is 6.23. The Bertz CT molecular complexity index is 452. The Balaban J connectivity index is 2.28. The Morgan fingerprint density at radius 3 is 2.80 bits per heavy atom. The third-order valence-electron chi connectivity index (χ3n) is 2.50. The molecule has 1 aromatic heterocycles. The van der Waals surface area contributed by atoms with Gasteiger partial charge < -0.3 is 20.5 Å². The molecule has 0 fully saturated rings. The van der Waals surface area contributed by atoms with Crippen LogP contribution in [0.25, 0.3) is 0 Å². The number of methoxy groups -OCH3 is 1. The maximum atomic E-state index is 11.6. The van der Waals surface area contributed by atoms with Gasteiger partial charge in [-0.2, -0.15) is 0 Å². The number of rotatable bonds is 8. The zero-order valence-corrected chi connectivity index (χ0v) is 12.6. The van der Waals surface area contributed by atoms with Crippen molar-refractivity contribution in [2.75, 3.05) is 20.3 Å². The first-order valence-electron chi connectivity index (χ1n) is 6.03. The summed E-state index contributed by atoms with van der Waals surface area (Å²) in [6.45, 7) is 0.685. The Hall–Kier alpha value is -1.31. The fourth-order valence-corrected chi connectivity index (χ4v) is 2.57. The third-order valence-corrected chi connectivity index (χ3v) is 3.79. The maximum absolute atomic E-state index is 11.6. The van der Waals surface area contributed by atoms with E-state index in [4.69, 9.17) is 21.4 Å². The molecule has 20 heavy (non-hydrogen) atoms. The van der Waals surface area contributed by atoms with Crippen LogP contribution in [0.2, 0.25) is 4.34 Å². The average molecular weight is 321 g/mol. The summed E-state index contributed by atoms with van der Waals surface area (Å²) >= 11 is 7.25. The standard InChI is InChI=1S/C12H17ClN2O4S/c1-19-7-5-9(11(16)17)15-12(18)14-6-4-8-2-3-10(13)20-8/h2-3,9H,4-7H2,1H3,(H,16,17)(H2,14,15,18). The highest BCUT2D eigenvalue weighted by Gasteiger charge is 2.19. The van der Waals surface area contributed by atoms with Gasteiger partial charge in [0, 0.05) is 31.6 Å². The van der Waals surface area contributed by atoms with Crippen molar-refractivity contribution in [2.24, 2.45) is 0 Å². The second-order valence-corrected chi connectivity index (χ2v) is 5.83. The van der Waals surface area contributed by atoms with Crippen molar-refractivity contribution < 1.29 is 19.4 Å². The second kappa shape index (κ2) is 8.78. The number of halogens is 1. The number of carboxylic acid groups (broad SMARTS) is 1. The summed E-state index contributed by atoms with van der Waals surface area (Å²) in [5.74, 6) is -1.08. The van der Waals surface area contributed by atoms with E-state index in [0.29, 0.717) is 17.3 Å². The molecule has 1 unspecified atom stereocenters. The number of ether oxygens (including phenoxy) is 1. The molecule has 0 aliphatic carbocycles. The monoisotopic (exact) mass is 320 g/mol. The van der Waals surface area contributed by atoms with Crippen LogP contribution in [0.3, 0.4) is 0 Å². The van der Waals surface area contributed by atoms with E-state index in [-0.39, 0.29) is 13.0 Å². The van der Waals surface area contributed by atoms with E-state index in [1.807, 2.05) is 6.07 Å². The molecule has 112 valence electrons. The SMILES string of the molecule is COCCC(NC(=O)NCCc1ccc(Cl)s1)C(=O)O. The average Bonchev–Trinajstić information content (AvgIpc) is 2.80. The lowest BCUT2D eigenvalue weighted by Gasteiger charge is -2.14. The number of thiophene rings is 1. The predicted octanol–water partition coefficient (Wildman–Crippen LogP) is 1.73. The van der Waals surface area contributed by atoms with E-state index in [9.17, 15) is 9.59 Å². The molecule has 8 heteroatoms. The van der Waals surface area contributed by atoms with Gasteiger partial charge in [-0.15, -0.1) is 11.3 Å². The molecule has 1 rings (SSSR count). The highest BCUT2D eigenvalue weighted by molar-refractivity contribution is 7.16. The molecule has 0 spiro atoms. The van der Waals surface area contributed by atoms with Crippen molar-refractivity contribution in [1.29, 1.82) is 0 Å². The summed E-state index contributed by atoms with van der Waals surface area (Å²) < 4.78 is 5.50. The highest BCUT2D eigenvalue weighted by atomic mass is 35.5. The summed E-state index contributed by atoms with van der Waals surface area (Å²) in [6.07, 6.45) is 0.875. The Labute approximate surface area is 126 Å². The van der Waals surface area contributed by atoms with Gasteiger partial charge in [-0.1, -0.05) is 11.6 Å². The van der Waals surface area contributed by atoms with Gasteiger partial charge in [-0.05, 0) is 18.6 Å². The van der Waals surface area contributed by atoms with E-state index in [1.54, 1.807) is 6.07 Å². The van der Waals surface area contributed by atoms with Crippen LogP contribution >= 0.6 is 22.9 Å². The molecule has 3 N–H and O–H groups in total. The molecule has 0 bridgehead atoms. The van der Waals surface area contributed by atoms with Crippen molar-refractivity contribution in [2.45, 2.75) is 18.9 Å². The number of aliphatic carboxylic acids is 1. The van der Waals surface area contributed by atoms with E-state index >= 15 is 0 Å². The first kappa shape index (κ1) is 16.7. The molecule has 0 aliphatic rings. The zero-order chi connectivity index (χ0) is 15.0. The quantitative estimate of drug-likeness (QED) is 0.680. The van der Waals surface area contributed by atoms with E-state index in [0.717, 1.165) is 4.88 Å². The minimum atomic E-state index is -1.08. The molecule has 1 aromatic rings. The molecule has 0 aliphatic heterocycles. The van der Waals surface area contributed by atoms with Gasteiger partial charge in [0.25, 0.3) is 0 Å². The fraction of sp³-hybridized carbons (Fsp3) is 0.500. The Kier molecular flexibility index (Phi) is 7.35. The first-order valence-corrected chi connectivity index (χ1v) is 7.22. The van der Waals surface area contributed by atoms with Crippen molar-refractivity contribution in [1.82, 2.24) is 10.6 Å². The number of hydrogen-bond acceptors (Lipinski definition) is 4. The van der Waals surface area contributed by atoms with Crippen LogP contribution in [-0.4, -0.2) is 43.4 Å². The zero-order valence-electron chi connectivity index (χ0n) is 11.0. The minimum Gasteiger partial charge on any atom is -0.480 e. The van der Waals surface area contributed by atoms with Crippen LogP contribution in [0, 0.1) is 0 Å². The Morgan fingerprint density at radius 1 is 1.50 bits per heavy atom. The van der Waals surface area contributed by atoms with Crippen molar-refractivity contribution in [3.63, 3.8) is 0 Å². The molecule has 1 atom stereocenters. The van der Waals surface area contributed by atoms with E-state index in [2.05, 4.69) is 10.6 Å². The number of amides is 2. The second-order valence-electron chi connectivity index (χ2n) is 4.03. The molecule has 0 aromatic carbocycles. The molecular weight excluding hydrogens is 304 g/mol. The summed E-state index contributed by atoms with van der Waals surface area (Å²) in [6, 6.07) is 2.24. The van der Waals surface area contributed by atoms with Crippen LogP contribution in [0.5, 0.6) is 0 Å². The molecule has 1 heterocycles. The lowest BCUT2D eigenvalue weighted by atomic mass is 10.2. The van der Waals surface area contributed by atoms with Crippen LogP contribution in [0.15, 0.2) is 12.1 Å². The molecule has 0 saturated carbocycles. The van der Waals surface area contributed by atoms with Gasteiger partial charge in [0.2, 0.25) is 0 Å². The largest absolute Gasteiger partial charge is 0.480 e.